The second-order valence-electron chi connectivity index (χ2n) is 6.73. The average molecular weight is 442 g/mol. The smallest absolute Gasteiger partial charge is 0.418 e. The number of fused-ring (bicyclic) bond motifs is 1. The van der Waals surface area contributed by atoms with Crippen LogP contribution in [-0.4, -0.2) is 40.9 Å². The van der Waals surface area contributed by atoms with Crippen LogP contribution in [0.15, 0.2) is 35.6 Å². The van der Waals surface area contributed by atoms with Gasteiger partial charge in [-0.2, -0.15) is 13.2 Å². The quantitative estimate of drug-likeness (QED) is 0.530. The standard InChI is InChI=1S/C19H15F5N4O3/c20-12-3-10(28-18-27-5-9(7-29)8-30-18)4-13(21)16(12)31-14-1-2-25-17-15(14)11(6-26-17)19(22,23)24/h1-4,6,9,29H,5,7-8H2,(H,25,26)(H,27,28)/t9-/m1/s1. The van der Waals surface area contributed by atoms with Crippen molar-refractivity contribution in [1.82, 2.24) is 9.97 Å². The van der Waals surface area contributed by atoms with E-state index in [-0.39, 0.29) is 43.0 Å². The number of alkyl halides is 3. The van der Waals surface area contributed by atoms with E-state index in [1.54, 1.807) is 0 Å². The monoisotopic (exact) mass is 442 g/mol. The van der Waals surface area contributed by atoms with Crippen LogP contribution in [0.25, 0.3) is 11.0 Å². The Balaban J connectivity index is 1.62. The number of amidine groups is 1. The van der Waals surface area contributed by atoms with E-state index in [4.69, 9.17) is 14.6 Å². The van der Waals surface area contributed by atoms with Crippen LogP contribution in [-0.2, 0) is 10.9 Å². The topological polar surface area (TPSA) is 91.8 Å². The molecule has 4 rings (SSSR count). The van der Waals surface area contributed by atoms with Crippen molar-refractivity contribution in [3.63, 3.8) is 0 Å². The molecule has 31 heavy (non-hydrogen) atoms. The molecular formula is C19H15F5N4O3. The zero-order valence-electron chi connectivity index (χ0n) is 15.6. The Morgan fingerprint density at radius 3 is 2.61 bits per heavy atom. The molecule has 3 heterocycles. The third-order valence-corrected chi connectivity index (χ3v) is 4.51. The predicted molar refractivity (Wildman–Crippen MR) is 100.0 cm³/mol. The number of H-pyrrole nitrogens is 1. The fourth-order valence-corrected chi connectivity index (χ4v) is 2.99. The molecule has 7 nitrogen and oxygen atoms in total. The zero-order valence-corrected chi connectivity index (χ0v) is 15.6. The van der Waals surface area contributed by atoms with Crippen LogP contribution < -0.4 is 10.1 Å². The van der Waals surface area contributed by atoms with Gasteiger partial charge in [-0.05, 0) is 6.07 Å². The number of ether oxygens (including phenoxy) is 2. The molecule has 0 saturated heterocycles. The van der Waals surface area contributed by atoms with Crippen molar-refractivity contribution in [3.05, 3.63) is 47.8 Å². The molecule has 1 aliphatic rings. The van der Waals surface area contributed by atoms with Gasteiger partial charge in [0.05, 0.1) is 30.7 Å². The van der Waals surface area contributed by atoms with E-state index in [0.717, 1.165) is 24.4 Å². The van der Waals surface area contributed by atoms with Gasteiger partial charge in [0.15, 0.2) is 17.4 Å². The maximum absolute atomic E-state index is 14.6. The molecule has 1 aliphatic heterocycles. The van der Waals surface area contributed by atoms with Gasteiger partial charge in [0.1, 0.15) is 11.4 Å². The molecule has 1 atom stereocenters. The molecule has 164 valence electrons. The van der Waals surface area contributed by atoms with Gasteiger partial charge < -0.3 is 24.9 Å². The number of rotatable bonds is 4. The Hall–Kier alpha value is -3.41. The molecule has 12 heteroatoms. The lowest BCUT2D eigenvalue weighted by molar-refractivity contribution is -0.136. The Bertz CT molecular complexity index is 1120. The minimum Gasteiger partial charge on any atom is -0.465 e. The lowest BCUT2D eigenvalue weighted by atomic mass is 10.2. The molecule has 0 bridgehead atoms. The van der Waals surface area contributed by atoms with Gasteiger partial charge in [-0.25, -0.2) is 18.8 Å². The molecule has 0 spiro atoms. The second-order valence-corrected chi connectivity index (χ2v) is 6.73. The number of anilines is 1. The predicted octanol–water partition coefficient (Wildman–Crippen LogP) is 4.06. The Kier molecular flexibility index (Phi) is 5.39. The number of nitrogens with zero attached hydrogens (tertiary/aromatic N) is 2. The van der Waals surface area contributed by atoms with Gasteiger partial charge in [-0.15, -0.1) is 0 Å². The summed E-state index contributed by atoms with van der Waals surface area (Å²) in [6.07, 6.45) is -2.87. The zero-order chi connectivity index (χ0) is 22.2. The van der Waals surface area contributed by atoms with Gasteiger partial charge >= 0.3 is 6.18 Å². The number of aromatic nitrogens is 2. The summed E-state index contributed by atoms with van der Waals surface area (Å²) < 4.78 is 79.3. The maximum Gasteiger partial charge on any atom is 0.418 e. The summed E-state index contributed by atoms with van der Waals surface area (Å²) in [6.45, 7) is 0.359. The van der Waals surface area contributed by atoms with Crippen LogP contribution in [0.1, 0.15) is 5.56 Å². The number of nitrogens with one attached hydrogen (secondary N) is 2. The first kappa shape index (κ1) is 20.8. The number of hydrogen-bond donors (Lipinski definition) is 3. The normalized spacial score (nSPS) is 16.7. The highest BCUT2D eigenvalue weighted by molar-refractivity contribution is 5.89. The SMILES string of the molecule is OC[C@H]1CN=C(Nc2cc(F)c(Oc3ccnc4[nH]cc(C(F)(F)F)c34)c(F)c2)OC1. The van der Waals surface area contributed by atoms with Crippen molar-refractivity contribution in [2.45, 2.75) is 6.18 Å². The van der Waals surface area contributed by atoms with Crippen molar-refractivity contribution in [2.24, 2.45) is 10.9 Å². The molecule has 3 N–H and O–H groups in total. The summed E-state index contributed by atoms with van der Waals surface area (Å²) in [5, 5.41) is 11.2. The molecule has 0 unspecified atom stereocenters. The van der Waals surface area contributed by atoms with Crippen LogP contribution in [0.2, 0.25) is 0 Å². The molecule has 1 aromatic carbocycles. The largest absolute Gasteiger partial charge is 0.465 e. The molecule has 0 fully saturated rings. The highest BCUT2D eigenvalue weighted by atomic mass is 19.4. The van der Waals surface area contributed by atoms with E-state index in [1.165, 1.54) is 0 Å². The lowest BCUT2D eigenvalue weighted by Gasteiger charge is -2.21. The summed E-state index contributed by atoms with van der Waals surface area (Å²) >= 11 is 0. The first-order chi connectivity index (χ1) is 14.8. The molecule has 0 aliphatic carbocycles. The third kappa shape index (κ3) is 4.24. The van der Waals surface area contributed by atoms with Crippen molar-refractivity contribution in [2.75, 3.05) is 25.1 Å². The highest BCUT2D eigenvalue weighted by Crippen LogP contribution is 2.40. The van der Waals surface area contributed by atoms with Gasteiger partial charge in [0, 0.05) is 36.1 Å². The van der Waals surface area contributed by atoms with Crippen molar-refractivity contribution < 1.29 is 36.5 Å². The van der Waals surface area contributed by atoms with Crippen LogP contribution >= 0.6 is 0 Å². The lowest BCUT2D eigenvalue weighted by Crippen LogP contribution is -2.29. The number of aliphatic imine (C=N–C) groups is 1. The van der Waals surface area contributed by atoms with Crippen molar-refractivity contribution in [3.8, 4) is 11.5 Å². The highest BCUT2D eigenvalue weighted by Gasteiger charge is 2.35. The van der Waals surface area contributed by atoms with E-state index in [2.05, 4.69) is 20.3 Å². The van der Waals surface area contributed by atoms with Crippen LogP contribution in [0.4, 0.5) is 27.6 Å². The molecule has 0 radical (unpaired) electrons. The van der Waals surface area contributed by atoms with Crippen molar-refractivity contribution >= 4 is 22.7 Å². The Morgan fingerprint density at radius 1 is 1.26 bits per heavy atom. The molecule has 3 aromatic rings. The van der Waals surface area contributed by atoms with Crippen LogP contribution in [0.3, 0.4) is 0 Å². The van der Waals surface area contributed by atoms with Gasteiger partial charge in [0.25, 0.3) is 6.02 Å². The first-order valence-electron chi connectivity index (χ1n) is 9.01. The summed E-state index contributed by atoms with van der Waals surface area (Å²) in [6, 6.07) is 2.89. The van der Waals surface area contributed by atoms with Gasteiger partial charge in [-0.3, -0.25) is 0 Å². The van der Waals surface area contributed by atoms with E-state index in [1.807, 2.05) is 0 Å². The minimum absolute atomic E-state index is 0.0233. The molecular weight excluding hydrogens is 427 g/mol. The van der Waals surface area contributed by atoms with Crippen molar-refractivity contribution in [1.29, 1.82) is 0 Å². The van der Waals surface area contributed by atoms with E-state index in [0.29, 0.717) is 6.20 Å². The van der Waals surface area contributed by atoms with Crippen LogP contribution in [0, 0.1) is 17.6 Å². The number of halogens is 5. The number of pyridine rings is 1. The summed E-state index contributed by atoms with van der Waals surface area (Å²) in [7, 11) is 0. The number of aliphatic hydroxyl groups is 1. The number of aliphatic hydroxyl groups excluding tert-OH is 1. The average Bonchev–Trinajstić information content (AvgIpc) is 3.17. The molecule has 0 saturated carbocycles. The van der Waals surface area contributed by atoms with E-state index < -0.39 is 40.3 Å². The van der Waals surface area contributed by atoms with Gasteiger partial charge in [0.2, 0.25) is 0 Å². The Labute approximate surface area is 171 Å². The summed E-state index contributed by atoms with van der Waals surface area (Å²) in [4.78, 5) is 10.2. The Morgan fingerprint density at radius 2 is 2.00 bits per heavy atom. The third-order valence-electron chi connectivity index (χ3n) is 4.51. The van der Waals surface area contributed by atoms with Gasteiger partial charge in [-0.1, -0.05) is 0 Å². The number of hydrogen-bond acceptors (Lipinski definition) is 6. The molecule has 2 aromatic heterocycles. The van der Waals surface area contributed by atoms with Crippen LogP contribution in [0.5, 0.6) is 11.5 Å². The summed E-state index contributed by atoms with van der Waals surface area (Å²) in [5.41, 5.74) is -1.25. The second kappa shape index (κ2) is 8.02. The number of benzene rings is 1. The minimum atomic E-state index is -4.72. The fourth-order valence-electron chi connectivity index (χ4n) is 2.99. The fraction of sp³-hybridized carbons (Fsp3) is 0.263. The maximum atomic E-state index is 14.6. The van der Waals surface area contributed by atoms with E-state index in [9.17, 15) is 22.0 Å². The van der Waals surface area contributed by atoms with E-state index >= 15 is 0 Å². The first-order valence-corrected chi connectivity index (χ1v) is 9.01. The summed E-state index contributed by atoms with van der Waals surface area (Å²) in [5.74, 6) is -3.75. The molecule has 0 amide bonds. The number of aromatic amines is 1.